The van der Waals surface area contributed by atoms with Crippen molar-refractivity contribution in [2.24, 2.45) is 0 Å². The molecule has 86 valence electrons. The van der Waals surface area contributed by atoms with Crippen LogP contribution in [0, 0.1) is 0 Å². The number of furan rings is 1. The summed E-state index contributed by atoms with van der Waals surface area (Å²) >= 11 is 0. The van der Waals surface area contributed by atoms with Crippen molar-refractivity contribution in [3.8, 4) is 0 Å². The van der Waals surface area contributed by atoms with Gasteiger partial charge in [0.2, 0.25) is 0 Å². The van der Waals surface area contributed by atoms with Crippen molar-refractivity contribution in [3.63, 3.8) is 0 Å². The zero-order valence-electron chi connectivity index (χ0n) is 9.83. The summed E-state index contributed by atoms with van der Waals surface area (Å²) in [6.45, 7) is 4.22. The molecule has 2 nitrogen and oxygen atoms in total. The lowest BCUT2D eigenvalue weighted by molar-refractivity contribution is 0.591. The second kappa shape index (κ2) is 5.71. The molecule has 0 aliphatic carbocycles. The van der Waals surface area contributed by atoms with Gasteiger partial charge in [-0.2, -0.15) is 0 Å². The molecular formula is C14H19NO. The summed E-state index contributed by atoms with van der Waals surface area (Å²) in [7, 11) is 0. The van der Waals surface area contributed by atoms with E-state index >= 15 is 0 Å². The monoisotopic (exact) mass is 217 g/mol. The van der Waals surface area contributed by atoms with Crippen molar-refractivity contribution in [2.75, 3.05) is 6.54 Å². The normalized spacial score (nSPS) is 11.1. The van der Waals surface area contributed by atoms with Gasteiger partial charge in [0.05, 0.1) is 6.26 Å². The Labute approximate surface area is 96.6 Å². The van der Waals surface area contributed by atoms with Gasteiger partial charge < -0.3 is 9.73 Å². The van der Waals surface area contributed by atoms with Gasteiger partial charge >= 0.3 is 0 Å². The number of nitrogens with one attached hydrogen (secondary N) is 1. The molecule has 0 bridgehead atoms. The van der Waals surface area contributed by atoms with Crippen LogP contribution < -0.4 is 5.32 Å². The molecule has 1 heterocycles. The second-order valence-electron chi connectivity index (χ2n) is 4.14. The van der Waals surface area contributed by atoms with Gasteiger partial charge in [-0.15, -0.1) is 0 Å². The Kier molecular flexibility index (Phi) is 4.00. The standard InChI is InChI=1S/C14H19NO/c1-2-3-6-9-15-10-12-11-16-14-8-5-4-7-13(12)14/h4-5,7-8,11,15H,2-3,6,9-10H2,1H3. The van der Waals surface area contributed by atoms with E-state index in [1.165, 1.54) is 30.2 Å². The van der Waals surface area contributed by atoms with Crippen LogP contribution in [0.15, 0.2) is 34.9 Å². The molecule has 2 rings (SSSR count). The summed E-state index contributed by atoms with van der Waals surface area (Å²) in [6, 6.07) is 8.18. The number of hydrogen-bond acceptors (Lipinski definition) is 2. The Hall–Kier alpha value is -1.28. The zero-order valence-corrected chi connectivity index (χ0v) is 9.83. The second-order valence-corrected chi connectivity index (χ2v) is 4.14. The van der Waals surface area contributed by atoms with Crippen LogP contribution in [0.4, 0.5) is 0 Å². The summed E-state index contributed by atoms with van der Waals surface area (Å²) in [5, 5.41) is 4.68. The van der Waals surface area contributed by atoms with E-state index in [2.05, 4.69) is 24.4 Å². The van der Waals surface area contributed by atoms with Crippen LogP contribution in [0.5, 0.6) is 0 Å². The number of fused-ring (bicyclic) bond motifs is 1. The van der Waals surface area contributed by atoms with Crippen LogP contribution >= 0.6 is 0 Å². The Morgan fingerprint density at radius 2 is 2.06 bits per heavy atom. The van der Waals surface area contributed by atoms with Crippen LogP contribution in [0.25, 0.3) is 11.0 Å². The first kappa shape index (κ1) is 11.2. The van der Waals surface area contributed by atoms with E-state index < -0.39 is 0 Å². The number of rotatable bonds is 6. The Balaban J connectivity index is 1.89. The highest BCUT2D eigenvalue weighted by Crippen LogP contribution is 2.20. The minimum Gasteiger partial charge on any atom is -0.464 e. The van der Waals surface area contributed by atoms with Crippen LogP contribution in [-0.2, 0) is 6.54 Å². The molecule has 2 heteroatoms. The first-order chi connectivity index (χ1) is 7.92. The largest absolute Gasteiger partial charge is 0.464 e. The quantitative estimate of drug-likeness (QED) is 0.746. The van der Waals surface area contributed by atoms with Crippen molar-refractivity contribution < 1.29 is 4.42 Å². The highest BCUT2D eigenvalue weighted by molar-refractivity contribution is 5.80. The fraction of sp³-hybridized carbons (Fsp3) is 0.429. The zero-order chi connectivity index (χ0) is 11.2. The van der Waals surface area contributed by atoms with Gasteiger partial charge in [0.1, 0.15) is 5.58 Å². The molecule has 16 heavy (non-hydrogen) atoms. The molecule has 0 amide bonds. The average molecular weight is 217 g/mol. The maximum absolute atomic E-state index is 5.49. The molecule has 0 fully saturated rings. The number of hydrogen-bond donors (Lipinski definition) is 1. The molecule has 0 atom stereocenters. The lowest BCUT2D eigenvalue weighted by Gasteiger charge is -2.02. The molecule has 0 spiro atoms. The van der Waals surface area contributed by atoms with E-state index in [0.717, 1.165) is 18.7 Å². The fourth-order valence-electron chi connectivity index (χ4n) is 1.89. The Morgan fingerprint density at radius 3 is 2.94 bits per heavy atom. The minimum absolute atomic E-state index is 0.903. The Bertz CT molecular complexity index is 433. The van der Waals surface area contributed by atoms with Crippen molar-refractivity contribution in [1.82, 2.24) is 5.32 Å². The van der Waals surface area contributed by atoms with E-state index in [1.807, 2.05) is 18.4 Å². The SMILES string of the molecule is CCCCCNCc1coc2ccccc12. The summed E-state index contributed by atoms with van der Waals surface area (Å²) < 4.78 is 5.49. The summed E-state index contributed by atoms with van der Waals surface area (Å²) in [5.41, 5.74) is 2.24. The fourth-order valence-corrected chi connectivity index (χ4v) is 1.89. The molecule has 0 aliphatic rings. The molecule has 0 aliphatic heterocycles. The maximum atomic E-state index is 5.49. The summed E-state index contributed by atoms with van der Waals surface area (Å²) in [4.78, 5) is 0. The third-order valence-corrected chi connectivity index (χ3v) is 2.83. The van der Waals surface area contributed by atoms with E-state index in [9.17, 15) is 0 Å². The van der Waals surface area contributed by atoms with Crippen LogP contribution in [0.1, 0.15) is 31.7 Å². The predicted molar refractivity (Wildman–Crippen MR) is 67.4 cm³/mol. The van der Waals surface area contributed by atoms with E-state index in [1.54, 1.807) is 0 Å². The van der Waals surface area contributed by atoms with Gasteiger partial charge in [0, 0.05) is 17.5 Å². The smallest absolute Gasteiger partial charge is 0.134 e. The summed E-state index contributed by atoms with van der Waals surface area (Å²) in [6.07, 6.45) is 5.69. The maximum Gasteiger partial charge on any atom is 0.134 e. The predicted octanol–water partition coefficient (Wildman–Crippen LogP) is 3.71. The number of benzene rings is 1. The van der Waals surface area contributed by atoms with E-state index in [0.29, 0.717) is 0 Å². The van der Waals surface area contributed by atoms with Gasteiger partial charge in [-0.05, 0) is 19.0 Å². The van der Waals surface area contributed by atoms with Gasteiger partial charge in [-0.3, -0.25) is 0 Å². The molecule has 2 aromatic rings. The van der Waals surface area contributed by atoms with E-state index in [-0.39, 0.29) is 0 Å². The van der Waals surface area contributed by atoms with Crippen LogP contribution in [0.3, 0.4) is 0 Å². The van der Waals surface area contributed by atoms with Gasteiger partial charge in [0.25, 0.3) is 0 Å². The third kappa shape index (κ3) is 2.64. The Morgan fingerprint density at radius 1 is 1.19 bits per heavy atom. The van der Waals surface area contributed by atoms with Gasteiger partial charge in [-0.25, -0.2) is 0 Å². The van der Waals surface area contributed by atoms with Gasteiger partial charge in [0.15, 0.2) is 0 Å². The average Bonchev–Trinajstić information content (AvgIpc) is 2.73. The first-order valence-corrected chi connectivity index (χ1v) is 6.07. The molecular weight excluding hydrogens is 198 g/mol. The van der Waals surface area contributed by atoms with Crippen LogP contribution in [-0.4, -0.2) is 6.54 Å². The lowest BCUT2D eigenvalue weighted by atomic mass is 10.2. The third-order valence-electron chi connectivity index (χ3n) is 2.83. The molecule has 0 saturated heterocycles. The van der Waals surface area contributed by atoms with Crippen molar-refractivity contribution in [1.29, 1.82) is 0 Å². The van der Waals surface area contributed by atoms with E-state index in [4.69, 9.17) is 4.42 Å². The highest BCUT2D eigenvalue weighted by atomic mass is 16.3. The van der Waals surface area contributed by atoms with Crippen LogP contribution in [0.2, 0.25) is 0 Å². The van der Waals surface area contributed by atoms with Crippen molar-refractivity contribution in [2.45, 2.75) is 32.7 Å². The highest BCUT2D eigenvalue weighted by Gasteiger charge is 2.03. The van der Waals surface area contributed by atoms with Crippen molar-refractivity contribution in [3.05, 3.63) is 36.1 Å². The molecule has 1 aromatic carbocycles. The molecule has 1 aromatic heterocycles. The molecule has 0 saturated carbocycles. The van der Waals surface area contributed by atoms with Crippen molar-refractivity contribution >= 4 is 11.0 Å². The first-order valence-electron chi connectivity index (χ1n) is 6.07. The minimum atomic E-state index is 0.903. The lowest BCUT2D eigenvalue weighted by Crippen LogP contribution is -2.14. The topological polar surface area (TPSA) is 25.2 Å². The number of para-hydroxylation sites is 1. The molecule has 0 unspecified atom stereocenters. The molecule has 1 N–H and O–H groups in total. The summed E-state index contributed by atoms with van der Waals surface area (Å²) in [5.74, 6) is 0. The molecule has 0 radical (unpaired) electrons. The van der Waals surface area contributed by atoms with Gasteiger partial charge in [-0.1, -0.05) is 38.0 Å². The number of unbranched alkanes of at least 4 members (excludes halogenated alkanes) is 2.